The number of benzene rings is 1. The first kappa shape index (κ1) is 20.7. The maximum atomic E-state index is 13.2. The Morgan fingerprint density at radius 1 is 1.42 bits per heavy atom. The molecule has 1 N–H and O–H groups in total. The van der Waals surface area contributed by atoms with E-state index in [-0.39, 0.29) is 41.7 Å². The number of aliphatic imine (C=N–C) groups is 1. The Kier molecular flexibility index (Phi) is 9.02. The van der Waals surface area contributed by atoms with Crippen LogP contribution in [0.15, 0.2) is 29.3 Å². The van der Waals surface area contributed by atoms with Gasteiger partial charge in [-0.05, 0) is 37.5 Å². The van der Waals surface area contributed by atoms with Crippen LogP contribution in [0.1, 0.15) is 25.3 Å². The molecule has 0 radical (unpaired) electrons. The predicted molar refractivity (Wildman–Crippen MR) is 103 cm³/mol. The SMILES string of the molecule is CCOC(=O)C1CCN(C(=NC)NCc2cccc(F)c2)CC1.I. The van der Waals surface area contributed by atoms with Crippen molar-refractivity contribution >= 4 is 35.9 Å². The van der Waals surface area contributed by atoms with Crippen molar-refractivity contribution in [2.24, 2.45) is 10.9 Å². The molecule has 1 aliphatic rings. The standard InChI is InChI=1S/C17H24FN3O2.HI/c1-3-23-16(22)14-7-9-21(10-8-14)17(19-2)20-12-13-5-4-6-15(18)11-13;/h4-6,11,14H,3,7-10,12H2,1-2H3,(H,19,20);1H. The molecule has 0 unspecified atom stereocenters. The van der Waals surface area contributed by atoms with Crippen LogP contribution in [0.25, 0.3) is 0 Å². The van der Waals surface area contributed by atoms with Crippen LogP contribution in [0.4, 0.5) is 4.39 Å². The van der Waals surface area contributed by atoms with Crippen molar-refractivity contribution in [1.29, 1.82) is 0 Å². The first-order chi connectivity index (χ1) is 11.1. The van der Waals surface area contributed by atoms with Crippen LogP contribution in [0.3, 0.4) is 0 Å². The Labute approximate surface area is 159 Å². The fourth-order valence-electron chi connectivity index (χ4n) is 2.75. The highest BCUT2D eigenvalue weighted by atomic mass is 127. The number of nitrogens with one attached hydrogen (secondary N) is 1. The van der Waals surface area contributed by atoms with E-state index in [1.165, 1.54) is 12.1 Å². The van der Waals surface area contributed by atoms with Crippen LogP contribution in [-0.4, -0.2) is 43.6 Å². The van der Waals surface area contributed by atoms with Gasteiger partial charge in [-0.25, -0.2) is 4.39 Å². The van der Waals surface area contributed by atoms with E-state index in [9.17, 15) is 9.18 Å². The number of likely N-dealkylation sites (tertiary alicyclic amines) is 1. The number of guanidine groups is 1. The molecular weight excluding hydrogens is 424 g/mol. The molecule has 134 valence electrons. The van der Waals surface area contributed by atoms with Crippen molar-refractivity contribution in [2.45, 2.75) is 26.3 Å². The van der Waals surface area contributed by atoms with Crippen LogP contribution < -0.4 is 5.32 Å². The molecule has 5 nitrogen and oxygen atoms in total. The molecule has 0 aromatic heterocycles. The Balaban J connectivity index is 0.00000288. The van der Waals surface area contributed by atoms with E-state index in [1.807, 2.05) is 13.0 Å². The summed E-state index contributed by atoms with van der Waals surface area (Å²) in [6.45, 7) is 4.28. The van der Waals surface area contributed by atoms with Gasteiger partial charge in [-0.2, -0.15) is 0 Å². The average molecular weight is 449 g/mol. The molecule has 2 rings (SSSR count). The molecule has 1 aromatic carbocycles. The molecular formula is C17H25FIN3O2. The zero-order chi connectivity index (χ0) is 16.7. The summed E-state index contributed by atoms with van der Waals surface area (Å²) in [5.41, 5.74) is 0.868. The van der Waals surface area contributed by atoms with Crippen LogP contribution >= 0.6 is 24.0 Å². The molecule has 0 bridgehead atoms. The van der Waals surface area contributed by atoms with Gasteiger partial charge in [-0.1, -0.05) is 12.1 Å². The minimum atomic E-state index is -0.241. The maximum absolute atomic E-state index is 13.2. The van der Waals surface area contributed by atoms with E-state index in [1.54, 1.807) is 13.1 Å². The zero-order valence-electron chi connectivity index (χ0n) is 14.1. The topological polar surface area (TPSA) is 53.9 Å². The molecule has 1 aromatic rings. The second-order valence-corrected chi connectivity index (χ2v) is 5.54. The van der Waals surface area contributed by atoms with Gasteiger partial charge in [0.2, 0.25) is 0 Å². The summed E-state index contributed by atoms with van der Waals surface area (Å²) < 4.78 is 18.3. The van der Waals surface area contributed by atoms with Crippen molar-refractivity contribution < 1.29 is 13.9 Å². The number of esters is 1. The molecule has 24 heavy (non-hydrogen) atoms. The fourth-order valence-corrected chi connectivity index (χ4v) is 2.75. The highest BCUT2D eigenvalue weighted by Crippen LogP contribution is 2.18. The number of nitrogens with zero attached hydrogens (tertiary/aromatic N) is 2. The summed E-state index contributed by atoms with van der Waals surface area (Å²) >= 11 is 0. The molecule has 0 atom stereocenters. The molecule has 0 amide bonds. The molecule has 7 heteroatoms. The largest absolute Gasteiger partial charge is 0.466 e. The summed E-state index contributed by atoms with van der Waals surface area (Å²) in [6.07, 6.45) is 1.53. The summed E-state index contributed by atoms with van der Waals surface area (Å²) in [5.74, 6) is 0.411. The number of ether oxygens (including phenoxy) is 1. The third-order valence-corrected chi connectivity index (χ3v) is 3.97. The maximum Gasteiger partial charge on any atom is 0.309 e. The lowest BCUT2D eigenvalue weighted by Gasteiger charge is -2.33. The average Bonchev–Trinajstić information content (AvgIpc) is 2.56. The third-order valence-electron chi connectivity index (χ3n) is 3.97. The van der Waals surface area contributed by atoms with Crippen LogP contribution in [-0.2, 0) is 16.1 Å². The first-order valence-electron chi connectivity index (χ1n) is 8.00. The predicted octanol–water partition coefficient (Wildman–Crippen LogP) is 2.79. The number of hydrogen-bond acceptors (Lipinski definition) is 3. The molecule has 1 heterocycles. The van der Waals surface area contributed by atoms with E-state index in [0.717, 1.165) is 37.5 Å². The van der Waals surface area contributed by atoms with Gasteiger partial charge in [0.15, 0.2) is 5.96 Å². The van der Waals surface area contributed by atoms with E-state index in [2.05, 4.69) is 15.2 Å². The lowest BCUT2D eigenvalue weighted by atomic mass is 9.97. The van der Waals surface area contributed by atoms with E-state index >= 15 is 0 Å². The molecule has 0 spiro atoms. The summed E-state index contributed by atoms with van der Waals surface area (Å²) in [4.78, 5) is 18.2. The number of hydrogen-bond donors (Lipinski definition) is 1. The highest BCUT2D eigenvalue weighted by molar-refractivity contribution is 14.0. The minimum absolute atomic E-state index is 0. The molecule has 1 saturated heterocycles. The monoisotopic (exact) mass is 449 g/mol. The van der Waals surface area contributed by atoms with Crippen molar-refractivity contribution in [3.8, 4) is 0 Å². The Morgan fingerprint density at radius 2 is 2.12 bits per heavy atom. The smallest absolute Gasteiger partial charge is 0.309 e. The number of halogens is 2. The van der Waals surface area contributed by atoms with Gasteiger partial charge in [-0.15, -0.1) is 24.0 Å². The Bertz CT molecular complexity index is 561. The normalized spacial score (nSPS) is 15.6. The van der Waals surface area contributed by atoms with Crippen molar-refractivity contribution in [3.05, 3.63) is 35.6 Å². The highest BCUT2D eigenvalue weighted by Gasteiger charge is 2.27. The lowest BCUT2D eigenvalue weighted by molar-refractivity contribution is -0.149. The number of carbonyl (C=O) groups is 1. The van der Waals surface area contributed by atoms with Crippen molar-refractivity contribution in [3.63, 3.8) is 0 Å². The van der Waals surface area contributed by atoms with Gasteiger partial charge in [0, 0.05) is 26.7 Å². The number of carbonyl (C=O) groups excluding carboxylic acids is 1. The minimum Gasteiger partial charge on any atom is -0.466 e. The Hall–Kier alpha value is -1.38. The van der Waals surface area contributed by atoms with Gasteiger partial charge < -0.3 is 15.0 Å². The summed E-state index contributed by atoms with van der Waals surface area (Å²) in [5, 5.41) is 3.24. The van der Waals surface area contributed by atoms with Crippen LogP contribution in [0, 0.1) is 11.7 Å². The van der Waals surface area contributed by atoms with Gasteiger partial charge in [0.25, 0.3) is 0 Å². The molecule has 1 fully saturated rings. The number of piperidine rings is 1. The second-order valence-electron chi connectivity index (χ2n) is 5.54. The quantitative estimate of drug-likeness (QED) is 0.333. The first-order valence-corrected chi connectivity index (χ1v) is 8.00. The molecule has 1 aliphatic heterocycles. The van der Waals surface area contributed by atoms with E-state index in [4.69, 9.17) is 4.74 Å². The fraction of sp³-hybridized carbons (Fsp3) is 0.529. The molecule has 0 aliphatic carbocycles. The van der Waals surface area contributed by atoms with Crippen molar-refractivity contribution in [1.82, 2.24) is 10.2 Å². The van der Waals surface area contributed by atoms with E-state index < -0.39 is 0 Å². The zero-order valence-corrected chi connectivity index (χ0v) is 16.5. The van der Waals surface area contributed by atoms with Crippen LogP contribution in [0.5, 0.6) is 0 Å². The van der Waals surface area contributed by atoms with Crippen LogP contribution in [0.2, 0.25) is 0 Å². The molecule has 0 saturated carbocycles. The van der Waals surface area contributed by atoms with Gasteiger partial charge in [0.1, 0.15) is 5.82 Å². The van der Waals surface area contributed by atoms with E-state index in [0.29, 0.717) is 13.2 Å². The van der Waals surface area contributed by atoms with Crippen molar-refractivity contribution in [2.75, 3.05) is 26.7 Å². The second kappa shape index (κ2) is 10.5. The van der Waals surface area contributed by atoms with Gasteiger partial charge in [0.05, 0.1) is 12.5 Å². The lowest BCUT2D eigenvalue weighted by Crippen LogP contribution is -2.46. The van der Waals surface area contributed by atoms with Gasteiger partial charge >= 0.3 is 5.97 Å². The Morgan fingerprint density at radius 3 is 2.71 bits per heavy atom. The summed E-state index contributed by atoms with van der Waals surface area (Å²) in [7, 11) is 1.73. The summed E-state index contributed by atoms with van der Waals surface area (Å²) in [6, 6.07) is 6.50. The van der Waals surface area contributed by atoms with Gasteiger partial charge in [-0.3, -0.25) is 9.79 Å². The number of rotatable bonds is 4. The third kappa shape index (κ3) is 5.92.